The van der Waals surface area contributed by atoms with Gasteiger partial charge in [0.1, 0.15) is 17.8 Å². The average Bonchev–Trinajstić information content (AvgIpc) is 3.29. The van der Waals surface area contributed by atoms with E-state index < -0.39 is 10.0 Å². The summed E-state index contributed by atoms with van der Waals surface area (Å²) in [6.07, 6.45) is 1.42. The van der Waals surface area contributed by atoms with Crippen molar-refractivity contribution in [3.05, 3.63) is 54.9 Å². The summed E-state index contributed by atoms with van der Waals surface area (Å²) in [5.41, 5.74) is 0.387. The van der Waals surface area contributed by atoms with Gasteiger partial charge in [0.05, 0.1) is 17.7 Å². The monoisotopic (exact) mass is 463 g/mol. The molecule has 3 aromatic rings. The summed E-state index contributed by atoms with van der Waals surface area (Å²) in [6.45, 7) is 0.266. The molecular weight excluding hydrogens is 442 g/mol. The summed E-state index contributed by atoms with van der Waals surface area (Å²) in [6, 6.07) is 12.4. The molecule has 0 aliphatic rings. The maximum absolute atomic E-state index is 12.5. The number of carbonyl (C=O) groups is 1. The molecule has 10 nitrogen and oxygen atoms in total. The standard InChI is InChI=1S/C19H21N5O5S2/c1-28-16-4-2-3-14(11-16)24-31(26,27)17-7-5-15(6-8-17)29-12-18(25)20-9-10-30-19-21-13-22-23-19/h2-8,11,13,24H,9-10,12H2,1H3,(H,20,25)(H,21,22,23). The minimum absolute atomic E-state index is 0.0663. The Bertz CT molecular complexity index is 1090. The molecule has 1 amide bonds. The largest absolute Gasteiger partial charge is 0.497 e. The SMILES string of the molecule is COc1cccc(NS(=O)(=O)c2ccc(OCC(=O)NCCSc3ncn[nH]3)cc2)c1. The molecule has 0 spiro atoms. The van der Waals surface area contributed by atoms with Crippen LogP contribution in [0.4, 0.5) is 5.69 Å². The molecular formula is C19H21N5O5S2. The van der Waals surface area contributed by atoms with Crippen LogP contribution in [-0.2, 0) is 14.8 Å². The Morgan fingerprint density at radius 1 is 1.16 bits per heavy atom. The van der Waals surface area contributed by atoms with Crippen LogP contribution in [-0.4, -0.2) is 55.5 Å². The predicted octanol–water partition coefficient (Wildman–Crippen LogP) is 1.90. The van der Waals surface area contributed by atoms with Gasteiger partial charge in [-0.2, -0.15) is 5.10 Å². The van der Waals surface area contributed by atoms with Crippen LogP contribution < -0.4 is 19.5 Å². The number of amides is 1. The summed E-state index contributed by atoms with van der Waals surface area (Å²) in [5.74, 6) is 1.27. The lowest BCUT2D eigenvalue weighted by Crippen LogP contribution is -2.30. The highest BCUT2D eigenvalue weighted by Crippen LogP contribution is 2.22. The molecule has 0 aliphatic heterocycles. The van der Waals surface area contributed by atoms with Crippen molar-refractivity contribution in [1.29, 1.82) is 0 Å². The zero-order chi connectivity index (χ0) is 22.1. The number of thioether (sulfide) groups is 1. The Morgan fingerprint density at radius 2 is 1.97 bits per heavy atom. The minimum atomic E-state index is -3.77. The second-order valence-electron chi connectivity index (χ2n) is 6.09. The van der Waals surface area contributed by atoms with E-state index in [1.165, 1.54) is 49.5 Å². The molecule has 0 aliphatic carbocycles. The van der Waals surface area contributed by atoms with Crippen molar-refractivity contribution in [2.24, 2.45) is 0 Å². The first-order valence-electron chi connectivity index (χ1n) is 9.11. The summed E-state index contributed by atoms with van der Waals surface area (Å²) >= 11 is 1.44. The molecule has 1 heterocycles. The van der Waals surface area contributed by atoms with E-state index in [-0.39, 0.29) is 17.4 Å². The Labute approximate surface area is 183 Å². The van der Waals surface area contributed by atoms with Gasteiger partial charge in [-0.05, 0) is 36.4 Å². The van der Waals surface area contributed by atoms with E-state index in [2.05, 4.69) is 25.2 Å². The van der Waals surface area contributed by atoms with Crippen molar-refractivity contribution in [2.45, 2.75) is 10.1 Å². The van der Waals surface area contributed by atoms with Crippen LogP contribution in [0.5, 0.6) is 11.5 Å². The second-order valence-corrected chi connectivity index (χ2v) is 8.85. The lowest BCUT2D eigenvalue weighted by molar-refractivity contribution is -0.122. The number of nitrogens with one attached hydrogen (secondary N) is 3. The quantitative estimate of drug-likeness (QED) is 0.290. The summed E-state index contributed by atoms with van der Waals surface area (Å²) in [5, 5.41) is 9.86. The molecule has 0 unspecified atom stereocenters. The van der Waals surface area contributed by atoms with Crippen molar-refractivity contribution in [1.82, 2.24) is 20.5 Å². The molecule has 12 heteroatoms. The van der Waals surface area contributed by atoms with E-state index in [0.29, 0.717) is 34.6 Å². The number of rotatable bonds is 11. The number of methoxy groups -OCH3 is 1. The molecule has 3 rings (SSSR count). The van der Waals surface area contributed by atoms with Gasteiger partial charge in [0.25, 0.3) is 15.9 Å². The Balaban J connectivity index is 1.46. The maximum Gasteiger partial charge on any atom is 0.261 e. The van der Waals surface area contributed by atoms with Gasteiger partial charge < -0.3 is 14.8 Å². The van der Waals surface area contributed by atoms with Gasteiger partial charge in [0.2, 0.25) is 0 Å². The van der Waals surface area contributed by atoms with E-state index in [4.69, 9.17) is 9.47 Å². The van der Waals surface area contributed by atoms with Crippen LogP contribution >= 0.6 is 11.8 Å². The lowest BCUT2D eigenvalue weighted by atomic mass is 10.3. The minimum Gasteiger partial charge on any atom is -0.497 e. The molecule has 0 saturated heterocycles. The third-order valence-electron chi connectivity index (χ3n) is 3.88. The maximum atomic E-state index is 12.5. The number of sulfonamides is 1. The zero-order valence-electron chi connectivity index (χ0n) is 16.6. The number of H-pyrrole nitrogens is 1. The molecule has 0 radical (unpaired) electrons. The number of hydrogen-bond acceptors (Lipinski definition) is 8. The molecule has 2 aromatic carbocycles. The summed E-state index contributed by atoms with van der Waals surface area (Å²) in [7, 11) is -2.27. The van der Waals surface area contributed by atoms with Gasteiger partial charge in [0.15, 0.2) is 11.8 Å². The molecule has 0 saturated carbocycles. The smallest absolute Gasteiger partial charge is 0.261 e. The van der Waals surface area contributed by atoms with Crippen LogP contribution in [0.2, 0.25) is 0 Å². The molecule has 0 atom stereocenters. The molecule has 0 bridgehead atoms. The van der Waals surface area contributed by atoms with Gasteiger partial charge in [0, 0.05) is 18.4 Å². The average molecular weight is 464 g/mol. The topological polar surface area (TPSA) is 135 Å². The van der Waals surface area contributed by atoms with Gasteiger partial charge in [-0.3, -0.25) is 14.6 Å². The van der Waals surface area contributed by atoms with Crippen molar-refractivity contribution in [3.63, 3.8) is 0 Å². The number of carbonyl (C=O) groups excluding carboxylic acids is 1. The third kappa shape index (κ3) is 6.89. The highest BCUT2D eigenvalue weighted by Gasteiger charge is 2.15. The van der Waals surface area contributed by atoms with Crippen LogP contribution in [0.25, 0.3) is 0 Å². The molecule has 1 aromatic heterocycles. The fourth-order valence-corrected chi connectivity index (χ4v) is 4.10. The molecule has 31 heavy (non-hydrogen) atoms. The van der Waals surface area contributed by atoms with Crippen LogP contribution in [0.15, 0.2) is 64.9 Å². The number of nitrogens with zero attached hydrogens (tertiary/aromatic N) is 2. The third-order valence-corrected chi connectivity index (χ3v) is 6.16. The number of ether oxygens (including phenoxy) is 2. The first kappa shape index (κ1) is 22.4. The van der Waals surface area contributed by atoms with Crippen molar-refractivity contribution >= 4 is 33.4 Å². The van der Waals surface area contributed by atoms with Crippen LogP contribution in [0.1, 0.15) is 0 Å². The van der Waals surface area contributed by atoms with Crippen molar-refractivity contribution in [2.75, 3.05) is 30.7 Å². The van der Waals surface area contributed by atoms with Crippen LogP contribution in [0.3, 0.4) is 0 Å². The van der Waals surface area contributed by atoms with E-state index in [9.17, 15) is 13.2 Å². The first-order valence-corrected chi connectivity index (χ1v) is 11.6. The Hall–Kier alpha value is -3.25. The van der Waals surface area contributed by atoms with Gasteiger partial charge in [-0.1, -0.05) is 17.8 Å². The normalized spacial score (nSPS) is 11.0. The summed E-state index contributed by atoms with van der Waals surface area (Å²) in [4.78, 5) is 15.9. The summed E-state index contributed by atoms with van der Waals surface area (Å²) < 4.78 is 38.1. The number of anilines is 1. The van der Waals surface area contributed by atoms with E-state index >= 15 is 0 Å². The molecule has 164 valence electrons. The fourth-order valence-electron chi connectivity index (χ4n) is 2.42. The van der Waals surface area contributed by atoms with E-state index in [1.54, 1.807) is 24.3 Å². The fraction of sp³-hybridized carbons (Fsp3) is 0.211. The number of aromatic nitrogens is 3. The highest BCUT2D eigenvalue weighted by atomic mass is 32.2. The molecule has 3 N–H and O–H groups in total. The zero-order valence-corrected chi connectivity index (χ0v) is 18.2. The first-order chi connectivity index (χ1) is 15.0. The Kier molecular flexibility index (Phi) is 7.73. The molecule has 0 fully saturated rings. The van der Waals surface area contributed by atoms with Crippen molar-refractivity contribution in [3.8, 4) is 11.5 Å². The van der Waals surface area contributed by atoms with Crippen molar-refractivity contribution < 1.29 is 22.7 Å². The van der Waals surface area contributed by atoms with E-state index in [0.717, 1.165) is 0 Å². The number of benzene rings is 2. The van der Waals surface area contributed by atoms with E-state index in [1.807, 2.05) is 0 Å². The van der Waals surface area contributed by atoms with Gasteiger partial charge in [-0.25, -0.2) is 13.4 Å². The number of aromatic amines is 1. The lowest BCUT2D eigenvalue weighted by Gasteiger charge is -2.10. The van der Waals surface area contributed by atoms with Crippen LogP contribution in [0, 0.1) is 0 Å². The second kappa shape index (κ2) is 10.7. The van der Waals surface area contributed by atoms with Gasteiger partial charge >= 0.3 is 0 Å². The number of hydrogen-bond donors (Lipinski definition) is 3. The Morgan fingerprint density at radius 3 is 2.68 bits per heavy atom. The van der Waals surface area contributed by atoms with Gasteiger partial charge in [-0.15, -0.1) is 0 Å². The highest BCUT2D eigenvalue weighted by molar-refractivity contribution is 7.99. The predicted molar refractivity (Wildman–Crippen MR) is 116 cm³/mol.